The lowest BCUT2D eigenvalue weighted by Gasteiger charge is -2.39. The second kappa shape index (κ2) is 10.1. The number of hydrogen-bond donors (Lipinski definition) is 0. The van der Waals surface area contributed by atoms with Gasteiger partial charge in [0.1, 0.15) is 12.3 Å². The lowest BCUT2D eigenvalue weighted by atomic mass is 9.79. The normalized spacial score (nSPS) is 19.7. The van der Waals surface area contributed by atoms with E-state index in [4.69, 9.17) is 6.11 Å². The Kier molecular flexibility index (Phi) is 7.04. The number of methoxy groups -OCH3 is 1. The van der Waals surface area contributed by atoms with Crippen molar-refractivity contribution in [1.29, 1.82) is 0 Å². The first kappa shape index (κ1) is 20.2. The molecular formula is C23H35N3O3. The van der Waals surface area contributed by atoms with Crippen LogP contribution in [0.4, 0.5) is 0 Å². The van der Waals surface area contributed by atoms with E-state index in [-0.39, 0.29) is 24.4 Å². The molecule has 6 nitrogen and oxygen atoms in total. The molecule has 6 heteroatoms. The number of carbonyl (C=O) groups is 2. The third-order valence-corrected chi connectivity index (χ3v) is 6.57. The summed E-state index contributed by atoms with van der Waals surface area (Å²) < 4.78 is 13.2. The third-order valence-electron chi connectivity index (χ3n) is 6.57. The molecule has 2 aliphatic rings. The molecule has 1 aromatic rings. The number of likely N-dealkylation sites (tertiary alicyclic amines) is 2. The summed E-state index contributed by atoms with van der Waals surface area (Å²) in [6.07, 6.45) is 4.67. The van der Waals surface area contributed by atoms with E-state index in [9.17, 15) is 9.59 Å². The van der Waals surface area contributed by atoms with Crippen LogP contribution in [0.1, 0.15) is 44.3 Å². The van der Waals surface area contributed by atoms with Gasteiger partial charge in [-0.05, 0) is 88.8 Å². The topological polar surface area (TPSA) is 53.1 Å². The zero-order valence-corrected chi connectivity index (χ0v) is 18.0. The van der Waals surface area contributed by atoms with Gasteiger partial charge in [0, 0.05) is 25.2 Å². The number of likely N-dealkylation sites (N-methyl/N-ethyl adjacent to an activating group) is 1. The molecule has 0 radical (unpaired) electrons. The van der Waals surface area contributed by atoms with Crippen molar-refractivity contribution in [2.45, 2.75) is 32.6 Å². The lowest BCUT2D eigenvalue weighted by Crippen LogP contribution is -2.47. The van der Waals surface area contributed by atoms with Gasteiger partial charge in [0.2, 0.25) is 5.91 Å². The quantitative estimate of drug-likeness (QED) is 0.734. The van der Waals surface area contributed by atoms with Gasteiger partial charge in [-0.3, -0.25) is 9.59 Å². The van der Waals surface area contributed by atoms with Crippen molar-refractivity contribution in [2.75, 3.05) is 53.4 Å². The van der Waals surface area contributed by atoms with Crippen LogP contribution < -0.4 is 4.74 Å². The molecule has 0 N–H and O–H groups in total. The fraction of sp³-hybridized carbons (Fsp3) is 0.652. The van der Waals surface area contributed by atoms with Crippen molar-refractivity contribution in [3.63, 3.8) is 0 Å². The number of hydrogen-bond acceptors (Lipinski definition) is 4. The van der Waals surface area contributed by atoms with Gasteiger partial charge < -0.3 is 19.4 Å². The Morgan fingerprint density at radius 2 is 1.72 bits per heavy atom. The summed E-state index contributed by atoms with van der Waals surface area (Å²) in [6.45, 7) is 6.30. The first-order chi connectivity index (χ1) is 14.4. The minimum absolute atomic E-state index is 0.00655. The average molecular weight is 403 g/mol. The summed E-state index contributed by atoms with van der Waals surface area (Å²) in [7, 11) is 3.72. The Labute approximate surface area is 176 Å². The monoisotopic (exact) mass is 402 g/mol. The molecular weight excluding hydrogens is 366 g/mol. The summed E-state index contributed by atoms with van der Waals surface area (Å²) in [4.78, 5) is 31.6. The van der Waals surface area contributed by atoms with Crippen LogP contribution in [0.15, 0.2) is 24.2 Å². The lowest BCUT2D eigenvalue weighted by molar-refractivity contribution is -0.133. The van der Waals surface area contributed by atoms with Crippen LogP contribution in [0, 0.1) is 11.8 Å². The van der Waals surface area contributed by atoms with Crippen molar-refractivity contribution in [2.24, 2.45) is 11.8 Å². The van der Waals surface area contributed by atoms with Crippen molar-refractivity contribution < 1.29 is 15.7 Å². The molecule has 2 saturated heterocycles. The van der Waals surface area contributed by atoms with Crippen LogP contribution in [0.3, 0.4) is 0 Å². The first-order valence-electron chi connectivity index (χ1n) is 11.3. The van der Waals surface area contributed by atoms with Crippen molar-refractivity contribution in [3.8, 4) is 5.75 Å². The third kappa shape index (κ3) is 5.50. The fourth-order valence-corrected chi connectivity index (χ4v) is 4.55. The van der Waals surface area contributed by atoms with E-state index in [1.807, 2.05) is 11.8 Å². The van der Waals surface area contributed by atoms with Crippen LogP contribution >= 0.6 is 0 Å². The van der Waals surface area contributed by atoms with Crippen LogP contribution in [-0.2, 0) is 4.79 Å². The fourth-order valence-electron chi connectivity index (χ4n) is 4.55. The van der Waals surface area contributed by atoms with Gasteiger partial charge in [-0.1, -0.05) is 0 Å². The van der Waals surface area contributed by atoms with Gasteiger partial charge in [0.15, 0.2) is 0 Å². The van der Waals surface area contributed by atoms with E-state index >= 15 is 0 Å². The second-order valence-corrected chi connectivity index (χ2v) is 8.32. The van der Waals surface area contributed by atoms with Crippen molar-refractivity contribution in [3.05, 3.63) is 29.8 Å². The van der Waals surface area contributed by atoms with E-state index in [0.717, 1.165) is 37.8 Å². The molecule has 0 spiro atoms. The Balaban J connectivity index is 1.53. The molecule has 1 aromatic carbocycles. The Hall–Kier alpha value is -2.08. The van der Waals surface area contributed by atoms with Gasteiger partial charge in [-0.25, -0.2) is 0 Å². The number of benzene rings is 1. The Morgan fingerprint density at radius 3 is 2.28 bits per heavy atom. The highest BCUT2D eigenvalue weighted by molar-refractivity contribution is 5.96. The molecule has 0 unspecified atom stereocenters. The molecule has 29 heavy (non-hydrogen) atoms. The minimum Gasteiger partial charge on any atom is -0.497 e. The molecule has 3 rings (SSSR count). The predicted octanol–water partition coefficient (Wildman–Crippen LogP) is 2.74. The van der Waals surface area contributed by atoms with Crippen LogP contribution in [0.25, 0.3) is 0 Å². The van der Waals surface area contributed by atoms with Crippen molar-refractivity contribution in [1.82, 2.24) is 14.7 Å². The average Bonchev–Trinajstić information content (AvgIpc) is 2.77. The molecule has 0 bridgehead atoms. The van der Waals surface area contributed by atoms with Gasteiger partial charge in [0.05, 0.1) is 8.48 Å². The largest absolute Gasteiger partial charge is 0.497 e. The van der Waals surface area contributed by atoms with E-state index in [1.54, 1.807) is 12.1 Å². The predicted molar refractivity (Wildman–Crippen MR) is 114 cm³/mol. The molecule has 0 saturated carbocycles. The highest BCUT2D eigenvalue weighted by Crippen LogP contribution is 2.32. The molecule has 160 valence electrons. The number of rotatable bonds is 6. The summed E-state index contributed by atoms with van der Waals surface area (Å²) in [5, 5.41) is 0. The molecule has 2 aliphatic heterocycles. The summed E-state index contributed by atoms with van der Waals surface area (Å²) in [5.74, 6) is 1.78. The van der Waals surface area contributed by atoms with E-state index in [2.05, 4.69) is 11.9 Å². The Morgan fingerprint density at radius 1 is 1.10 bits per heavy atom. The summed E-state index contributed by atoms with van der Waals surface area (Å²) >= 11 is 0. The van der Waals surface area contributed by atoms with Crippen molar-refractivity contribution >= 4 is 11.8 Å². The highest BCUT2D eigenvalue weighted by Gasteiger charge is 2.31. The highest BCUT2D eigenvalue weighted by atomic mass is 16.5. The minimum atomic E-state index is -0.278. The molecule has 2 fully saturated rings. The second-order valence-electron chi connectivity index (χ2n) is 8.32. The smallest absolute Gasteiger partial charge is 0.254 e. The van der Waals surface area contributed by atoms with Gasteiger partial charge in [-0.15, -0.1) is 0 Å². The van der Waals surface area contributed by atoms with Gasteiger partial charge in [0.25, 0.3) is 5.91 Å². The van der Waals surface area contributed by atoms with Crippen LogP contribution in [0.2, 0.25) is 0 Å². The van der Waals surface area contributed by atoms with Gasteiger partial charge in [-0.2, -0.15) is 0 Å². The van der Waals surface area contributed by atoms with Crippen LogP contribution in [0.5, 0.6) is 5.75 Å². The zero-order chi connectivity index (χ0) is 21.7. The number of nitrogens with zero attached hydrogens (tertiary/aromatic N) is 3. The van der Waals surface area contributed by atoms with E-state index < -0.39 is 0 Å². The summed E-state index contributed by atoms with van der Waals surface area (Å²) in [5.41, 5.74) is 0.298. The maximum absolute atomic E-state index is 12.9. The molecule has 0 aromatic heterocycles. The SMILES string of the molecule is [2H]c1cc(OC)ccc1C(=O)N(CC)CC(=O)N1CCC(C2CCN(C)CC2)CC1. The first-order valence-corrected chi connectivity index (χ1v) is 10.8. The number of piperidine rings is 2. The Bertz CT molecular complexity index is 741. The van der Waals surface area contributed by atoms with Crippen LogP contribution in [-0.4, -0.2) is 79.9 Å². The van der Waals surface area contributed by atoms with E-state index in [1.165, 1.54) is 44.0 Å². The maximum atomic E-state index is 12.9. The molecule has 0 aliphatic carbocycles. The molecule has 2 heterocycles. The molecule has 2 amide bonds. The molecule has 0 atom stereocenters. The number of amides is 2. The van der Waals surface area contributed by atoms with E-state index in [0.29, 0.717) is 17.9 Å². The standard InChI is InChI=1S/C23H35N3O3/c1-4-25(23(28)20-5-7-21(29-3)8-6-20)17-22(27)26-15-11-19(12-16-26)18-9-13-24(2)14-10-18/h5-8,18-19H,4,9-17H2,1-3H3/i5D. The number of ether oxygens (including phenoxy) is 1. The number of carbonyl (C=O) groups excluding carboxylic acids is 2. The summed E-state index contributed by atoms with van der Waals surface area (Å²) in [6, 6.07) is 4.92. The van der Waals surface area contributed by atoms with Gasteiger partial charge >= 0.3 is 0 Å². The maximum Gasteiger partial charge on any atom is 0.254 e. The zero-order valence-electron chi connectivity index (χ0n) is 19.0.